The summed E-state index contributed by atoms with van der Waals surface area (Å²) >= 11 is 0. The standard InChI is InChI=1S/C40H68O16Si13/c1-57(2)41-65(37-29-21-17-22-30-37,38-31-23-18-24-32-38)42-58(3,4)46-67(45-57)49-61(9,10)53-69(54-62(11,12)50-67)55-63(13,14)51-68(52-64(15,16)56-69)47-59(5,6)43-66(44-60(7,8)48-68,39-33-25-19-26-34-39)40-35-27-20-28-36-40/h17-36H,1-16H3. The maximum Gasteiger partial charge on any atom is 0.643 e. The maximum atomic E-state index is 7.38. The molecule has 376 valence electrons. The van der Waals surface area contributed by atoms with Crippen LogP contribution in [0.2, 0.25) is 105 Å². The third-order valence-corrected chi connectivity index (χ3v) is 63.1. The monoisotopic (exact) mass is 1170 g/mol. The summed E-state index contributed by atoms with van der Waals surface area (Å²) in [7, 11) is -47.1. The predicted molar refractivity (Wildman–Crippen MR) is 290 cm³/mol. The summed E-state index contributed by atoms with van der Waals surface area (Å²) in [6.07, 6.45) is 0. The molecule has 0 aliphatic carbocycles. The Morgan fingerprint density at radius 3 is 0.464 bits per heavy atom. The highest BCUT2D eigenvalue weighted by Gasteiger charge is 2.74. The molecule has 3 spiro atoms. The lowest BCUT2D eigenvalue weighted by molar-refractivity contribution is 0.0258. The Morgan fingerprint density at radius 1 is 0.188 bits per heavy atom. The molecule has 29 heteroatoms. The average Bonchev–Trinajstić information content (AvgIpc) is 3.16. The zero-order valence-electron chi connectivity index (χ0n) is 42.6. The van der Waals surface area contributed by atoms with Crippen LogP contribution in [0.15, 0.2) is 121 Å². The lowest BCUT2D eigenvalue weighted by atomic mass is 10.4. The van der Waals surface area contributed by atoms with E-state index in [1.165, 1.54) is 0 Å². The summed E-state index contributed by atoms with van der Waals surface area (Å²) in [4.78, 5) is 0. The van der Waals surface area contributed by atoms with Crippen LogP contribution in [0.4, 0.5) is 0 Å². The van der Waals surface area contributed by atoms with Gasteiger partial charge in [0.15, 0.2) is 0 Å². The SMILES string of the molecule is C[Si]1(C)O[Si]2(O[Si](C)(C)O[Si]3(O1)O[Si](C)(C)O[Si](c1ccccc1)(c1ccccc1)O[Si](C)(C)O3)O[Si](C)(C)O[Si]1(O[Si](C)(C)O2)O[Si](C)(C)O[Si](c2ccccc2)(c2ccccc2)O[Si](C)(C)O1. The molecule has 4 aliphatic heterocycles. The largest absolute Gasteiger partial charge is 0.643 e. The molecule has 69 heavy (non-hydrogen) atoms. The molecule has 0 amide bonds. The van der Waals surface area contributed by atoms with Crippen LogP contribution in [-0.4, -0.2) is 113 Å². The minimum atomic E-state index is -4.34. The van der Waals surface area contributed by atoms with Gasteiger partial charge in [0.05, 0.1) is 0 Å². The van der Waals surface area contributed by atoms with E-state index in [1.54, 1.807) is 0 Å². The number of rotatable bonds is 4. The van der Waals surface area contributed by atoms with Crippen molar-refractivity contribution < 1.29 is 65.8 Å². The van der Waals surface area contributed by atoms with Crippen LogP contribution in [0.25, 0.3) is 0 Å². The average molecular weight is 1170 g/mol. The molecule has 4 fully saturated rings. The maximum absolute atomic E-state index is 7.38. The van der Waals surface area contributed by atoms with Gasteiger partial charge < -0.3 is 65.8 Å². The summed E-state index contributed by atoms with van der Waals surface area (Å²) in [5.74, 6) is 0. The van der Waals surface area contributed by atoms with E-state index in [-0.39, 0.29) is 0 Å². The molecule has 0 atom stereocenters. The molecule has 0 unspecified atom stereocenters. The first-order chi connectivity index (χ1) is 31.7. The molecule has 0 saturated carbocycles. The molecule has 4 aromatic carbocycles. The van der Waals surface area contributed by atoms with Crippen molar-refractivity contribution in [1.82, 2.24) is 0 Å². The molecular weight excluding hydrogens is 1100 g/mol. The molecule has 16 nitrogen and oxygen atoms in total. The first-order valence-electron chi connectivity index (χ1n) is 23.2. The van der Waals surface area contributed by atoms with Gasteiger partial charge in [0, 0.05) is 0 Å². The number of benzene rings is 4. The molecule has 4 saturated heterocycles. The van der Waals surface area contributed by atoms with Gasteiger partial charge in [-0.3, -0.25) is 0 Å². The van der Waals surface area contributed by atoms with Crippen LogP contribution < -0.4 is 20.7 Å². The van der Waals surface area contributed by atoms with Crippen molar-refractivity contribution in [1.29, 1.82) is 0 Å². The minimum absolute atomic E-state index is 0.943. The van der Waals surface area contributed by atoms with Gasteiger partial charge in [-0.2, -0.15) is 0 Å². The van der Waals surface area contributed by atoms with Gasteiger partial charge >= 0.3 is 113 Å². The van der Waals surface area contributed by atoms with E-state index < -0.39 is 113 Å². The second-order valence-corrected chi connectivity index (χ2v) is 64.3. The molecule has 4 heterocycles. The van der Waals surface area contributed by atoms with E-state index in [1.807, 2.05) is 178 Å². The van der Waals surface area contributed by atoms with Gasteiger partial charge in [-0.15, -0.1) is 0 Å². The van der Waals surface area contributed by atoms with Crippen molar-refractivity contribution in [2.24, 2.45) is 0 Å². The van der Waals surface area contributed by atoms with E-state index >= 15 is 0 Å². The lowest BCUT2D eigenvalue weighted by Gasteiger charge is -2.55. The molecule has 4 aliphatic rings. The Morgan fingerprint density at radius 2 is 0.319 bits per heavy atom. The minimum Gasteiger partial charge on any atom is -0.409 e. The number of hydrogen-bond donors (Lipinski definition) is 0. The van der Waals surface area contributed by atoms with Gasteiger partial charge in [0.1, 0.15) is 0 Å². The van der Waals surface area contributed by atoms with Crippen molar-refractivity contribution in [3.63, 3.8) is 0 Å². The highest BCUT2D eigenvalue weighted by atomic mass is 28.6. The normalized spacial score (nSPS) is 27.7. The van der Waals surface area contributed by atoms with E-state index in [4.69, 9.17) is 65.8 Å². The van der Waals surface area contributed by atoms with Crippen LogP contribution in [-0.2, 0) is 65.8 Å². The van der Waals surface area contributed by atoms with Crippen LogP contribution >= 0.6 is 0 Å². The molecule has 0 N–H and O–H groups in total. The Bertz CT molecular complexity index is 2100. The second kappa shape index (κ2) is 18.7. The zero-order chi connectivity index (χ0) is 50.3. The molecule has 0 radical (unpaired) electrons. The van der Waals surface area contributed by atoms with Gasteiger partial charge in [0.25, 0.3) is 0 Å². The number of hydrogen-bond acceptors (Lipinski definition) is 16. The first-order valence-corrected chi connectivity index (χ1v) is 54.2. The fourth-order valence-corrected chi connectivity index (χ4v) is 71.1. The summed E-state index contributed by atoms with van der Waals surface area (Å²) in [5.41, 5.74) is 0. The smallest absolute Gasteiger partial charge is 0.409 e. The molecule has 0 bridgehead atoms. The van der Waals surface area contributed by atoms with Crippen molar-refractivity contribution in [3.05, 3.63) is 121 Å². The quantitative estimate of drug-likeness (QED) is 0.199. The van der Waals surface area contributed by atoms with Crippen LogP contribution in [0.3, 0.4) is 0 Å². The third-order valence-electron chi connectivity index (χ3n) is 10.6. The summed E-state index contributed by atoms with van der Waals surface area (Å²) < 4.78 is 116. The third kappa shape index (κ3) is 12.4. The van der Waals surface area contributed by atoms with Gasteiger partial charge in [-0.25, -0.2) is 0 Å². The topological polar surface area (TPSA) is 148 Å². The fourth-order valence-electron chi connectivity index (χ4n) is 9.02. The van der Waals surface area contributed by atoms with Gasteiger partial charge in [-0.1, -0.05) is 121 Å². The fraction of sp³-hybridized carbons (Fsp3) is 0.400. The highest BCUT2D eigenvalue weighted by Crippen LogP contribution is 2.44. The van der Waals surface area contributed by atoms with Gasteiger partial charge in [0.2, 0.25) is 0 Å². The van der Waals surface area contributed by atoms with Crippen molar-refractivity contribution in [2.45, 2.75) is 105 Å². The van der Waals surface area contributed by atoms with E-state index in [2.05, 4.69) is 48.5 Å². The summed E-state index contributed by atoms with van der Waals surface area (Å²) in [5, 5.41) is 3.77. The highest BCUT2D eigenvalue weighted by molar-refractivity contribution is 7.06. The Kier molecular flexibility index (Phi) is 14.7. The molecule has 0 aromatic heterocycles. The second-order valence-electron chi connectivity index (χ2n) is 21.0. The molecule has 4 aromatic rings. The predicted octanol–water partition coefficient (Wildman–Crippen LogP) is 6.74. The molecule has 8 rings (SSSR count). The van der Waals surface area contributed by atoms with E-state index in [0.717, 1.165) is 20.7 Å². The Balaban J connectivity index is 1.12. The van der Waals surface area contributed by atoms with E-state index in [0.29, 0.717) is 0 Å². The van der Waals surface area contributed by atoms with Crippen molar-refractivity contribution in [2.75, 3.05) is 0 Å². The first kappa shape index (κ1) is 54.3. The van der Waals surface area contributed by atoms with Crippen molar-refractivity contribution in [3.8, 4) is 0 Å². The lowest BCUT2D eigenvalue weighted by Crippen LogP contribution is -2.81. The summed E-state index contributed by atoms with van der Waals surface area (Å²) in [6, 6.07) is 40.4. The van der Waals surface area contributed by atoms with Crippen LogP contribution in [0.1, 0.15) is 0 Å². The Hall–Kier alpha value is -0.941. The van der Waals surface area contributed by atoms with Crippen LogP contribution in [0.5, 0.6) is 0 Å². The summed E-state index contributed by atoms with van der Waals surface area (Å²) in [6.45, 7) is 30.8. The Labute approximate surface area is 422 Å². The van der Waals surface area contributed by atoms with Crippen LogP contribution in [0, 0.1) is 0 Å². The van der Waals surface area contributed by atoms with E-state index in [9.17, 15) is 0 Å². The van der Waals surface area contributed by atoms with Crippen molar-refractivity contribution >= 4 is 133 Å². The zero-order valence-corrected chi connectivity index (χ0v) is 55.6. The van der Waals surface area contributed by atoms with Gasteiger partial charge in [-0.05, 0) is 125 Å². The molecular formula is C40H68O16Si13.